The van der Waals surface area contributed by atoms with Crippen LogP contribution in [0.15, 0.2) is 53.5 Å². The summed E-state index contributed by atoms with van der Waals surface area (Å²) in [5.41, 5.74) is 4.59. The molecule has 1 heterocycles. The zero-order valence-corrected chi connectivity index (χ0v) is 14.1. The predicted molar refractivity (Wildman–Crippen MR) is 96.1 cm³/mol. The SMILES string of the molecule is CC(=O)c1ccccc1N=C1C(C)c2ccccc2NC1(C)C. The van der Waals surface area contributed by atoms with E-state index < -0.39 is 0 Å². The second-order valence-electron chi connectivity index (χ2n) is 6.63. The summed E-state index contributed by atoms with van der Waals surface area (Å²) in [5, 5.41) is 3.57. The van der Waals surface area contributed by atoms with Crippen molar-refractivity contribution in [2.75, 3.05) is 5.32 Å². The third-order valence-electron chi connectivity index (χ3n) is 4.45. The molecule has 0 fully saturated rings. The number of hydrogen-bond acceptors (Lipinski definition) is 3. The molecule has 0 aliphatic carbocycles. The maximum Gasteiger partial charge on any atom is 0.161 e. The number of nitrogens with one attached hydrogen (secondary N) is 1. The molecule has 1 atom stereocenters. The highest BCUT2D eigenvalue weighted by Gasteiger charge is 2.36. The molecule has 0 aromatic heterocycles. The number of benzene rings is 2. The summed E-state index contributed by atoms with van der Waals surface area (Å²) in [6.07, 6.45) is 0. The van der Waals surface area contributed by atoms with Crippen LogP contribution in [0.2, 0.25) is 0 Å². The Bertz CT molecular complexity index is 790. The molecule has 0 bridgehead atoms. The van der Waals surface area contributed by atoms with E-state index in [0.29, 0.717) is 5.56 Å². The molecular formula is C20H22N2O. The van der Waals surface area contributed by atoms with Gasteiger partial charge in [-0.3, -0.25) is 9.79 Å². The fourth-order valence-electron chi connectivity index (χ4n) is 3.31. The summed E-state index contributed by atoms with van der Waals surface area (Å²) in [4.78, 5) is 16.8. The van der Waals surface area contributed by atoms with Crippen LogP contribution in [0.5, 0.6) is 0 Å². The molecule has 118 valence electrons. The summed E-state index contributed by atoms with van der Waals surface area (Å²) in [6.45, 7) is 8.03. The van der Waals surface area contributed by atoms with E-state index in [0.717, 1.165) is 17.1 Å². The highest BCUT2D eigenvalue weighted by Crippen LogP contribution is 2.38. The highest BCUT2D eigenvalue weighted by atomic mass is 16.1. The molecule has 1 aliphatic rings. The van der Waals surface area contributed by atoms with Crippen molar-refractivity contribution in [3.63, 3.8) is 0 Å². The van der Waals surface area contributed by atoms with Crippen molar-refractivity contribution < 1.29 is 4.79 Å². The zero-order valence-electron chi connectivity index (χ0n) is 14.1. The van der Waals surface area contributed by atoms with Gasteiger partial charge >= 0.3 is 0 Å². The summed E-state index contributed by atoms with van der Waals surface area (Å²) < 4.78 is 0. The predicted octanol–water partition coefficient (Wildman–Crippen LogP) is 4.97. The number of anilines is 1. The smallest absolute Gasteiger partial charge is 0.161 e. The molecule has 1 aliphatic heterocycles. The van der Waals surface area contributed by atoms with Gasteiger partial charge in [0.15, 0.2) is 5.78 Å². The average molecular weight is 306 g/mol. The number of nitrogens with zero attached hydrogens (tertiary/aromatic N) is 1. The van der Waals surface area contributed by atoms with Crippen molar-refractivity contribution in [3.05, 3.63) is 59.7 Å². The first-order valence-corrected chi connectivity index (χ1v) is 7.96. The molecule has 1 N–H and O–H groups in total. The number of Topliss-reactive ketones (excluding diaryl/α,β-unsaturated/α-hetero) is 1. The van der Waals surface area contributed by atoms with Gasteiger partial charge in [0, 0.05) is 17.2 Å². The molecular weight excluding hydrogens is 284 g/mol. The number of rotatable bonds is 2. The van der Waals surface area contributed by atoms with E-state index in [1.165, 1.54) is 5.56 Å². The van der Waals surface area contributed by atoms with Crippen molar-refractivity contribution in [2.24, 2.45) is 4.99 Å². The van der Waals surface area contributed by atoms with Crippen molar-refractivity contribution in [1.29, 1.82) is 0 Å². The van der Waals surface area contributed by atoms with Gasteiger partial charge in [0.05, 0.1) is 16.9 Å². The van der Waals surface area contributed by atoms with Crippen LogP contribution >= 0.6 is 0 Å². The highest BCUT2D eigenvalue weighted by molar-refractivity contribution is 6.06. The number of hydrogen-bond donors (Lipinski definition) is 1. The Morgan fingerprint density at radius 3 is 2.48 bits per heavy atom. The van der Waals surface area contributed by atoms with Crippen molar-refractivity contribution in [2.45, 2.75) is 39.2 Å². The molecule has 3 nitrogen and oxygen atoms in total. The van der Waals surface area contributed by atoms with E-state index >= 15 is 0 Å². The Kier molecular flexibility index (Phi) is 3.80. The minimum absolute atomic E-state index is 0.0413. The lowest BCUT2D eigenvalue weighted by Gasteiger charge is -2.39. The summed E-state index contributed by atoms with van der Waals surface area (Å²) in [5.74, 6) is 0.238. The first-order chi connectivity index (χ1) is 10.9. The quantitative estimate of drug-likeness (QED) is 0.796. The summed E-state index contributed by atoms with van der Waals surface area (Å²) >= 11 is 0. The molecule has 0 spiro atoms. The first-order valence-electron chi connectivity index (χ1n) is 7.96. The van der Waals surface area contributed by atoms with Crippen LogP contribution in [0.4, 0.5) is 11.4 Å². The average Bonchev–Trinajstić information content (AvgIpc) is 2.51. The lowest BCUT2D eigenvalue weighted by atomic mass is 9.79. The van der Waals surface area contributed by atoms with Crippen molar-refractivity contribution in [3.8, 4) is 0 Å². The van der Waals surface area contributed by atoms with Crippen LogP contribution in [0.1, 0.15) is 49.5 Å². The number of carbonyl (C=O) groups excluding carboxylic acids is 1. The number of ketones is 1. The topological polar surface area (TPSA) is 41.5 Å². The number of fused-ring (bicyclic) bond motifs is 1. The van der Waals surface area contributed by atoms with Gasteiger partial charge in [0.2, 0.25) is 0 Å². The lowest BCUT2D eigenvalue weighted by Crippen LogP contribution is -2.46. The van der Waals surface area contributed by atoms with Gasteiger partial charge in [-0.15, -0.1) is 0 Å². The third kappa shape index (κ3) is 2.79. The van der Waals surface area contributed by atoms with E-state index in [1.54, 1.807) is 6.92 Å². The largest absolute Gasteiger partial charge is 0.375 e. The molecule has 3 heteroatoms. The van der Waals surface area contributed by atoms with E-state index in [9.17, 15) is 4.79 Å². The van der Waals surface area contributed by atoms with Gasteiger partial charge in [-0.2, -0.15) is 0 Å². The normalized spacial score (nSPS) is 20.7. The van der Waals surface area contributed by atoms with Gasteiger partial charge in [-0.25, -0.2) is 0 Å². The standard InChI is InChI=1S/C20H22N2O/c1-13-15-9-5-8-12-18(15)22-20(3,4)19(13)21-17-11-7-6-10-16(17)14(2)23/h5-13,22H,1-4H3. The van der Waals surface area contributed by atoms with Crippen molar-refractivity contribution >= 4 is 22.9 Å². The minimum Gasteiger partial charge on any atom is -0.375 e. The molecule has 0 radical (unpaired) electrons. The summed E-state index contributed by atoms with van der Waals surface area (Å²) in [7, 11) is 0. The van der Waals surface area contributed by atoms with Crippen LogP contribution in [0, 0.1) is 0 Å². The fourth-order valence-corrected chi connectivity index (χ4v) is 3.31. The molecule has 0 saturated carbocycles. The Morgan fingerprint density at radius 2 is 1.74 bits per heavy atom. The first kappa shape index (κ1) is 15.5. The lowest BCUT2D eigenvalue weighted by molar-refractivity contribution is 0.101. The van der Waals surface area contributed by atoms with Gasteiger partial charge in [-0.05, 0) is 44.5 Å². The van der Waals surface area contributed by atoms with Crippen LogP contribution < -0.4 is 5.32 Å². The van der Waals surface area contributed by atoms with E-state index in [1.807, 2.05) is 30.3 Å². The van der Waals surface area contributed by atoms with E-state index in [4.69, 9.17) is 4.99 Å². The number of aliphatic imine (C=N–C) groups is 1. The Hall–Kier alpha value is -2.42. The van der Waals surface area contributed by atoms with Gasteiger partial charge in [0.1, 0.15) is 0 Å². The molecule has 0 saturated heterocycles. The Labute approximate surface area is 137 Å². The van der Waals surface area contributed by atoms with Gasteiger partial charge in [-0.1, -0.05) is 37.3 Å². The van der Waals surface area contributed by atoms with Gasteiger partial charge < -0.3 is 5.32 Å². The third-order valence-corrected chi connectivity index (χ3v) is 4.45. The van der Waals surface area contributed by atoms with Crippen LogP contribution in [-0.2, 0) is 0 Å². The molecule has 2 aromatic rings. The van der Waals surface area contributed by atoms with E-state index in [-0.39, 0.29) is 17.2 Å². The van der Waals surface area contributed by atoms with Crippen LogP contribution in [-0.4, -0.2) is 17.0 Å². The monoisotopic (exact) mass is 306 g/mol. The molecule has 3 rings (SSSR count). The summed E-state index contributed by atoms with van der Waals surface area (Å²) in [6, 6.07) is 15.9. The molecule has 2 aromatic carbocycles. The van der Waals surface area contributed by atoms with Crippen LogP contribution in [0.3, 0.4) is 0 Å². The second kappa shape index (κ2) is 5.65. The maximum atomic E-state index is 11.9. The van der Waals surface area contributed by atoms with E-state index in [2.05, 4.69) is 44.3 Å². The Balaban J connectivity index is 2.14. The molecule has 1 unspecified atom stereocenters. The molecule has 23 heavy (non-hydrogen) atoms. The van der Waals surface area contributed by atoms with Crippen LogP contribution in [0.25, 0.3) is 0 Å². The maximum absolute atomic E-state index is 11.9. The number of carbonyl (C=O) groups is 1. The van der Waals surface area contributed by atoms with Gasteiger partial charge in [0.25, 0.3) is 0 Å². The minimum atomic E-state index is -0.266. The zero-order chi connectivity index (χ0) is 16.6. The Morgan fingerprint density at radius 1 is 1.09 bits per heavy atom. The van der Waals surface area contributed by atoms with Crippen molar-refractivity contribution in [1.82, 2.24) is 0 Å². The number of para-hydroxylation sites is 2. The fraction of sp³-hybridized carbons (Fsp3) is 0.300. The molecule has 0 amide bonds. The second-order valence-corrected chi connectivity index (χ2v) is 6.63.